The summed E-state index contributed by atoms with van der Waals surface area (Å²) in [5.41, 5.74) is 0. The SMILES string of the molecule is CN(CCCS(=O)(=O)N(C)C)Cc1ncon1. The third-order valence-electron chi connectivity index (χ3n) is 2.32. The highest BCUT2D eigenvalue weighted by molar-refractivity contribution is 7.89. The maximum absolute atomic E-state index is 11.5. The second-order valence-corrected chi connectivity index (χ2v) is 6.34. The molecule has 0 aliphatic heterocycles. The zero-order chi connectivity index (χ0) is 12.9. The van der Waals surface area contributed by atoms with Crippen molar-refractivity contribution in [2.24, 2.45) is 0 Å². The Morgan fingerprint density at radius 2 is 2.06 bits per heavy atom. The monoisotopic (exact) mass is 262 g/mol. The molecule has 0 amide bonds. The van der Waals surface area contributed by atoms with E-state index in [1.165, 1.54) is 10.7 Å². The van der Waals surface area contributed by atoms with Crippen LogP contribution in [0.2, 0.25) is 0 Å². The van der Waals surface area contributed by atoms with Crippen molar-refractivity contribution in [2.45, 2.75) is 13.0 Å². The molecule has 98 valence electrons. The van der Waals surface area contributed by atoms with Crippen LogP contribution in [0, 0.1) is 0 Å². The molecule has 0 unspecified atom stereocenters. The van der Waals surface area contributed by atoms with Gasteiger partial charge in [-0.3, -0.25) is 4.90 Å². The highest BCUT2D eigenvalue weighted by atomic mass is 32.2. The van der Waals surface area contributed by atoms with Crippen molar-refractivity contribution in [3.8, 4) is 0 Å². The lowest BCUT2D eigenvalue weighted by atomic mass is 10.4. The van der Waals surface area contributed by atoms with Crippen LogP contribution in [-0.4, -0.2) is 61.2 Å². The van der Waals surface area contributed by atoms with Gasteiger partial charge in [0, 0.05) is 14.1 Å². The molecule has 1 aromatic heterocycles. The summed E-state index contributed by atoms with van der Waals surface area (Å²) in [4.78, 5) is 5.85. The minimum atomic E-state index is -3.10. The summed E-state index contributed by atoms with van der Waals surface area (Å²) < 4.78 is 28.9. The molecule has 0 N–H and O–H groups in total. The van der Waals surface area contributed by atoms with E-state index >= 15 is 0 Å². The van der Waals surface area contributed by atoms with Gasteiger partial charge in [0.1, 0.15) is 0 Å². The Bertz CT molecular complexity index is 415. The first-order valence-corrected chi connectivity index (χ1v) is 6.87. The van der Waals surface area contributed by atoms with Crippen molar-refractivity contribution in [3.63, 3.8) is 0 Å². The van der Waals surface area contributed by atoms with Gasteiger partial charge < -0.3 is 4.52 Å². The van der Waals surface area contributed by atoms with Crippen LogP contribution in [0.4, 0.5) is 0 Å². The first-order chi connectivity index (χ1) is 7.92. The molecule has 17 heavy (non-hydrogen) atoms. The van der Waals surface area contributed by atoms with Crippen LogP contribution in [0.5, 0.6) is 0 Å². The molecule has 1 heterocycles. The van der Waals surface area contributed by atoms with Gasteiger partial charge in [0.15, 0.2) is 5.82 Å². The van der Waals surface area contributed by atoms with Gasteiger partial charge in [-0.15, -0.1) is 0 Å². The molecule has 0 fully saturated rings. The summed E-state index contributed by atoms with van der Waals surface area (Å²) in [6.07, 6.45) is 1.86. The predicted molar refractivity (Wildman–Crippen MR) is 62.7 cm³/mol. The average Bonchev–Trinajstić information content (AvgIpc) is 2.69. The van der Waals surface area contributed by atoms with Crippen LogP contribution < -0.4 is 0 Å². The van der Waals surface area contributed by atoms with Crippen molar-refractivity contribution in [3.05, 3.63) is 12.2 Å². The van der Waals surface area contributed by atoms with Gasteiger partial charge in [0.05, 0.1) is 12.3 Å². The summed E-state index contributed by atoms with van der Waals surface area (Å²) >= 11 is 0. The van der Waals surface area contributed by atoms with Gasteiger partial charge in [-0.05, 0) is 20.0 Å². The fraction of sp³-hybridized carbons (Fsp3) is 0.778. The average molecular weight is 262 g/mol. The second kappa shape index (κ2) is 6.08. The molecule has 7 nitrogen and oxygen atoms in total. The van der Waals surface area contributed by atoms with Gasteiger partial charge in [0.25, 0.3) is 0 Å². The Kier molecular flexibility index (Phi) is 5.03. The fourth-order valence-electron chi connectivity index (χ4n) is 1.28. The lowest BCUT2D eigenvalue weighted by Gasteiger charge is -2.15. The Morgan fingerprint density at radius 1 is 1.35 bits per heavy atom. The summed E-state index contributed by atoms with van der Waals surface area (Å²) in [7, 11) is 1.87. The van der Waals surface area contributed by atoms with Crippen molar-refractivity contribution in [1.82, 2.24) is 19.3 Å². The van der Waals surface area contributed by atoms with E-state index in [1.807, 2.05) is 11.9 Å². The van der Waals surface area contributed by atoms with Crippen LogP contribution in [-0.2, 0) is 16.6 Å². The molecule has 0 aliphatic carbocycles. The van der Waals surface area contributed by atoms with E-state index < -0.39 is 10.0 Å². The van der Waals surface area contributed by atoms with E-state index in [4.69, 9.17) is 0 Å². The summed E-state index contributed by atoms with van der Waals surface area (Å²) in [5, 5.41) is 3.69. The molecular formula is C9H18N4O3S. The molecule has 0 spiro atoms. The number of aromatic nitrogens is 2. The minimum Gasteiger partial charge on any atom is -0.343 e. The van der Waals surface area contributed by atoms with E-state index in [2.05, 4.69) is 14.7 Å². The molecule has 0 aliphatic rings. The van der Waals surface area contributed by atoms with Crippen LogP contribution in [0.15, 0.2) is 10.9 Å². The van der Waals surface area contributed by atoms with Crippen molar-refractivity contribution in [2.75, 3.05) is 33.4 Å². The molecular weight excluding hydrogens is 244 g/mol. The third-order valence-corrected chi connectivity index (χ3v) is 4.23. The normalized spacial score (nSPS) is 12.5. The van der Waals surface area contributed by atoms with Gasteiger partial charge in [0.2, 0.25) is 16.4 Å². The predicted octanol–water partition coefficient (Wildman–Crippen LogP) is -0.217. The van der Waals surface area contributed by atoms with Crippen LogP contribution >= 0.6 is 0 Å². The molecule has 0 saturated carbocycles. The van der Waals surface area contributed by atoms with Gasteiger partial charge in [-0.1, -0.05) is 5.16 Å². The van der Waals surface area contributed by atoms with E-state index in [0.717, 1.165) is 0 Å². The molecule has 8 heteroatoms. The standard InChI is InChI=1S/C9H18N4O3S/c1-12(2)17(14,15)6-4-5-13(3)7-9-10-8-16-11-9/h8H,4-7H2,1-3H3. The number of hydrogen-bond donors (Lipinski definition) is 0. The molecule has 1 aromatic rings. The molecule has 0 radical (unpaired) electrons. The van der Waals surface area contributed by atoms with Crippen molar-refractivity contribution >= 4 is 10.0 Å². The van der Waals surface area contributed by atoms with Crippen LogP contribution in [0.3, 0.4) is 0 Å². The topological polar surface area (TPSA) is 79.5 Å². The van der Waals surface area contributed by atoms with Crippen LogP contribution in [0.25, 0.3) is 0 Å². The second-order valence-electron chi connectivity index (χ2n) is 4.04. The Labute approximate surface area is 101 Å². The summed E-state index contributed by atoms with van der Waals surface area (Å²) in [6, 6.07) is 0. The highest BCUT2D eigenvalue weighted by Crippen LogP contribution is 2.00. The Hall–Kier alpha value is -0.990. The molecule has 0 aromatic carbocycles. The minimum absolute atomic E-state index is 0.149. The largest absolute Gasteiger partial charge is 0.343 e. The zero-order valence-electron chi connectivity index (χ0n) is 10.3. The van der Waals surface area contributed by atoms with Crippen molar-refractivity contribution < 1.29 is 12.9 Å². The fourth-order valence-corrected chi connectivity index (χ4v) is 2.14. The highest BCUT2D eigenvalue weighted by Gasteiger charge is 2.13. The Morgan fingerprint density at radius 3 is 2.59 bits per heavy atom. The Balaban J connectivity index is 2.27. The van der Waals surface area contributed by atoms with E-state index in [9.17, 15) is 8.42 Å². The molecule has 0 atom stereocenters. The molecule has 0 bridgehead atoms. The smallest absolute Gasteiger partial charge is 0.213 e. The quantitative estimate of drug-likeness (QED) is 0.676. The van der Waals surface area contributed by atoms with E-state index in [1.54, 1.807) is 14.1 Å². The van der Waals surface area contributed by atoms with Gasteiger partial charge in [-0.25, -0.2) is 12.7 Å². The van der Waals surface area contributed by atoms with Gasteiger partial charge >= 0.3 is 0 Å². The lowest BCUT2D eigenvalue weighted by Crippen LogP contribution is -2.28. The maximum Gasteiger partial charge on any atom is 0.213 e. The first kappa shape index (κ1) is 14.1. The third kappa shape index (κ3) is 4.80. The number of hydrogen-bond acceptors (Lipinski definition) is 6. The van der Waals surface area contributed by atoms with Crippen LogP contribution in [0.1, 0.15) is 12.2 Å². The number of nitrogens with zero attached hydrogens (tertiary/aromatic N) is 4. The first-order valence-electron chi connectivity index (χ1n) is 5.26. The summed E-state index contributed by atoms with van der Waals surface area (Å²) in [6.45, 7) is 1.22. The maximum atomic E-state index is 11.5. The van der Waals surface area contributed by atoms with Gasteiger partial charge in [-0.2, -0.15) is 4.98 Å². The van der Waals surface area contributed by atoms with E-state index in [0.29, 0.717) is 25.3 Å². The van der Waals surface area contributed by atoms with Crippen molar-refractivity contribution in [1.29, 1.82) is 0 Å². The van der Waals surface area contributed by atoms with E-state index in [-0.39, 0.29) is 5.75 Å². The molecule has 0 saturated heterocycles. The lowest BCUT2D eigenvalue weighted by molar-refractivity contribution is 0.309. The zero-order valence-corrected chi connectivity index (χ0v) is 11.1. The summed E-state index contributed by atoms with van der Waals surface area (Å²) in [5.74, 6) is 0.749. The number of rotatable bonds is 7. The number of sulfonamides is 1. The molecule has 1 rings (SSSR count).